The van der Waals surface area contributed by atoms with E-state index in [0.717, 1.165) is 0 Å². The van der Waals surface area contributed by atoms with Gasteiger partial charge in [-0.3, -0.25) is 0 Å². The number of hydrogen-bond acceptors (Lipinski definition) is 2. The molecule has 0 saturated carbocycles. The van der Waals surface area contributed by atoms with Crippen LogP contribution < -0.4 is 11.5 Å². The van der Waals surface area contributed by atoms with Gasteiger partial charge in [-0.05, 0) is 60.2 Å². The highest BCUT2D eigenvalue weighted by molar-refractivity contribution is 4.83. The molecule has 2 nitrogen and oxygen atoms in total. The third-order valence-corrected chi connectivity index (χ3v) is 7.59. The van der Waals surface area contributed by atoms with Crippen molar-refractivity contribution in [2.45, 2.75) is 113 Å². The number of nitrogens with two attached hydrogens (primary N) is 2. The highest BCUT2D eigenvalue weighted by atomic mass is 14.7. The van der Waals surface area contributed by atoms with Gasteiger partial charge in [0.05, 0.1) is 0 Å². The Balaban J connectivity index is 4.50. The molecule has 0 heterocycles. The quantitative estimate of drug-likeness (QED) is 0.328. The fourth-order valence-electron chi connectivity index (χ4n) is 4.55. The van der Waals surface area contributed by atoms with E-state index < -0.39 is 0 Å². The lowest BCUT2D eigenvalue weighted by Gasteiger charge is -2.34. The Morgan fingerprint density at radius 3 is 0.963 bits per heavy atom. The zero-order valence-corrected chi connectivity index (χ0v) is 20.5. The molecular formula is C25H54N2. The van der Waals surface area contributed by atoms with Gasteiger partial charge in [-0.15, -0.1) is 0 Å². The lowest BCUT2D eigenvalue weighted by atomic mass is 9.75. The third kappa shape index (κ3) is 9.31. The number of rotatable bonds is 14. The Morgan fingerprint density at radius 2 is 0.741 bits per heavy atom. The minimum Gasteiger partial charge on any atom is -0.327 e. The lowest BCUT2D eigenvalue weighted by Crippen LogP contribution is -2.41. The van der Waals surface area contributed by atoms with Crippen LogP contribution in [-0.2, 0) is 0 Å². The molecule has 0 bridgehead atoms. The summed E-state index contributed by atoms with van der Waals surface area (Å²) in [5.41, 5.74) is 13.3. The third-order valence-electron chi connectivity index (χ3n) is 7.59. The largest absolute Gasteiger partial charge is 0.327 e. The first-order valence-electron chi connectivity index (χ1n) is 11.9. The van der Waals surface area contributed by atoms with Crippen LogP contribution in [0, 0.1) is 47.3 Å². The van der Waals surface area contributed by atoms with Crippen molar-refractivity contribution in [3.63, 3.8) is 0 Å². The van der Waals surface area contributed by atoms with Gasteiger partial charge in [0.15, 0.2) is 0 Å². The molecule has 164 valence electrons. The van der Waals surface area contributed by atoms with Crippen molar-refractivity contribution in [2.24, 2.45) is 58.8 Å². The van der Waals surface area contributed by atoms with Crippen LogP contribution in [0.5, 0.6) is 0 Å². The molecule has 0 aliphatic carbocycles. The van der Waals surface area contributed by atoms with E-state index in [-0.39, 0.29) is 0 Å². The standard InChI is InChI=1S/C25H54N2/c1-16(2)20(9)24(26)22(18(5)6)14-12-11-13-15-23(19(7)8)25(27)21(10)17(3)4/h16-25H,11-15,26-27H2,1-10H3. The van der Waals surface area contributed by atoms with Gasteiger partial charge in [-0.25, -0.2) is 0 Å². The first-order valence-corrected chi connectivity index (χ1v) is 11.9. The van der Waals surface area contributed by atoms with Crippen LogP contribution in [-0.4, -0.2) is 12.1 Å². The molecule has 0 amide bonds. The van der Waals surface area contributed by atoms with Crippen LogP contribution in [0.3, 0.4) is 0 Å². The second-order valence-electron chi connectivity index (χ2n) is 10.8. The van der Waals surface area contributed by atoms with E-state index in [2.05, 4.69) is 69.2 Å². The molecule has 27 heavy (non-hydrogen) atoms. The molecule has 0 aromatic carbocycles. The summed E-state index contributed by atoms with van der Waals surface area (Å²) < 4.78 is 0. The highest BCUT2D eigenvalue weighted by Gasteiger charge is 2.28. The zero-order chi connectivity index (χ0) is 21.3. The molecular weight excluding hydrogens is 328 g/mol. The van der Waals surface area contributed by atoms with Crippen LogP contribution in [0.1, 0.15) is 101 Å². The van der Waals surface area contributed by atoms with Crippen LogP contribution in [0.25, 0.3) is 0 Å². The van der Waals surface area contributed by atoms with Crippen molar-refractivity contribution in [2.75, 3.05) is 0 Å². The van der Waals surface area contributed by atoms with Crippen molar-refractivity contribution in [3.05, 3.63) is 0 Å². The molecule has 0 spiro atoms. The molecule has 0 aromatic rings. The Labute approximate surface area is 172 Å². The Bertz CT molecular complexity index is 327. The van der Waals surface area contributed by atoms with Crippen molar-refractivity contribution in [1.82, 2.24) is 0 Å². The van der Waals surface area contributed by atoms with Gasteiger partial charge in [0.2, 0.25) is 0 Å². The molecule has 4 N–H and O–H groups in total. The summed E-state index contributed by atoms with van der Waals surface area (Å²) in [5.74, 6) is 5.15. The van der Waals surface area contributed by atoms with Crippen molar-refractivity contribution < 1.29 is 0 Å². The van der Waals surface area contributed by atoms with Gasteiger partial charge >= 0.3 is 0 Å². The first kappa shape index (κ1) is 26.9. The molecule has 6 atom stereocenters. The molecule has 2 heteroatoms. The van der Waals surface area contributed by atoms with E-state index >= 15 is 0 Å². The molecule has 0 aliphatic rings. The fraction of sp³-hybridized carbons (Fsp3) is 1.00. The first-order chi connectivity index (χ1) is 12.4. The predicted octanol–water partition coefficient (Wildman–Crippen LogP) is 6.72. The number of hydrogen-bond donors (Lipinski definition) is 2. The summed E-state index contributed by atoms with van der Waals surface area (Å²) in [5, 5.41) is 0. The van der Waals surface area contributed by atoms with Gasteiger partial charge in [0, 0.05) is 12.1 Å². The SMILES string of the molecule is CC(C)C(C)C(N)C(CCCCCC(C(C)C)C(N)C(C)C(C)C)C(C)C. The average molecular weight is 383 g/mol. The van der Waals surface area contributed by atoms with Crippen LogP contribution >= 0.6 is 0 Å². The second kappa shape index (κ2) is 13.2. The summed E-state index contributed by atoms with van der Waals surface area (Å²) in [6.45, 7) is 23.2. The van der Waals surface area contributed by atoms with E-state index in [1.807, 2.05) is 0 Å². The average Bonchev–Trinajstić information content (AvgIpc) is 2.57. The molecule has 0 rings (SSSR count). The van der Waals surface area contributed by atoms with E-state index in [1.165, 1.54) is 32.1 Å². The number of unbranched alkanes of at least 4 members (excludes halogenated alkanes) is 2. The normalized spacial score (nSPS) is 19.6. The molecule has 0 fully saturated rings. The van der Waals surface area contributed by atoms with Crippen molar-refractivity contribution >= 4 is 0 Å². The van der Waals surface area contributed by atoms with Crippen LogP contribution in [0.4, 0.5) is 0 Å². The smallest absolute Gasteiger partial charge is 0.00978 e. The maximum atomic E-state index is 6.65. The summed E-state index contributed by atoms with van der Waals surface area (Å²) >= 11 is 0. The highest BCUT2D eigenvalue weighted by Crippen LogP contribution is 2.31. The second-order valence-corrected chi connectivity index (χ2v) is 10.8. The van der Waals surface area contributed by atoms with Crippen LogP contribution in [0.15, 0.2) is 0 Å². The topological polar surface area (TPSA) is 52.0 Å². The minimum absolute atomic E-state index is 0.328. The van der Waals surface area contributed by atoms with Gasteiger partial charge in [-0.1, -0.05) is 88.5 Å². The van der Waals surface area contributed by atoms with Crippen molar-refractivity contribution in [1.29, 1.82) is 0 Å². The molecule has 0 saturated heterocycles. The Hall–Kier alpha value is -0.0800. The summed E-state index contributed by atoms with van der Waals surface area (Å²) in [6.07, 6.45) is 6.48. The van der Waals surface area contributed by atoms with Gasteiger partial charge in [0.1, 0.15) is 0 Å². The van der Waals surface area contributed by atoms with Crippen molar-refractivity contribution in [3.8, 4) is 0 Å². The monoisotopic (exact) mass is 382 g/mol. The molecule has 6 unspecified atom stereocenters. The van der Waals surface area contributed by atoms with E-state index in [0.29, 0.717) is 59.4 Å². The zero-order valence-electron chi connectivity index (χ0n) is 20.5. The molecule has 0 aliphatic heterocycles. The minimum atomic E-state index is 0.328. The van der Waals surface area contributed by atoms with Gasteiger partial charge in [-0.2, -0.15) is 0 Å². The molecule has 0 aromatic heterocycles. The van der Waals surface area contributed by atoms with Crippen LogP contribution in [0.2, 0.25) is 0 Å². The van der Waals surface area contributed by atoms with Gasteiger partial charge < -0.3 is 11.5 Å². The molecule has 0 radical (unpaired) electrons. The van der Waals surface area contributed by atoms with E-state index in [4.69, 9.17) is 11.5 Å². The summed E-state index contributed by atoms with van der Waals surface area (Å²) in [4.78, 5) is 0. The Kier molecular flexibility index (Phi) is 13.2. The summed E-state index contributed by atoms with van der Waals surface area (Å²) in [6, 6.07) is 0.655. The maximum absolute atomic E-state index is 6.65. The Morgan fingerprint density at radius 1 is 0.444 bits per heavy atom. The van der Waals surface area contributed by atoms with E-state index in [1.54, 1.807) is 0 Å². The summed E-state index contributed by atoms with van der Waals surface area (Å²) in [7, 11) is 0. The lowest BCUT2D eigenvalue weighted by molar-refractivity contribution is 0.196. The van der Waals surface area contributed by atoms with E-state index in [9.17, 15) is 0 Å². The maximum Gasteiger partial charge on any atom is 0.00978 e. The fourth-order valence-corrected chi connectivity index (χ4v) is 4.55. The predicted molar refractivity (Wildman–Crippen MR) is 124 cm³/mol. The van der Waals surface area contributed by atoms with Gasteiger partial charge in [0.25, 0.3) is 0 Å².